The maximum Gasteiger partial charge on any atom is 0.222 e. The molecule has 0 spiro atoms. The van der Waals surface area contributed by atoms with Crippen molar-refractivity contribution in [1.29, 1.82) is 0 Å². The Bertz CT molecular complexity index is 915. The Morgan fingerprint density at radius 1 is 0.917 bits per heavy atom. The number of benzene rings is 2. The number of fused-ring (bicyclic) bond motifs is 1. The van der Waals surface area contributed by atoms with E-state index in [1.807, 2.05) is 18.2 Å². The molecule has 24 heavy (non-hydrogen) atoms. The van der Waals surface area contributed by atoms with Crippen LogP contribution in [0.3, 0.4) is 0 Å². The third-order valence-electron chi connectivity index (χ3n) is 3.80. The van der Waals surface area contributed by atoms with Crippen molar-refractivity contribution in [1.82, 2.24) is 9.97 Å². The molecule has 0 bridgehead atoms. The Morgan fingerprint density at radius 3 is 2.33 bits per heavy atom. The highest BCUT2D eigenvalue weighted by molar-refractivity contribution is 7.99. The van der Waals surface area contributed by atoms with Gasteiger partial charge >= 0.3 is 0 Å². The standard InChI is InChI=1S/C18H21N5S/c1-18(2,3)10-6-4-5-7-13(10)24-15-11(19)8-9-12-14(15)16(20)23-17(21)22-12/h4-9H,19H2,1-3H3,(H4,20,21,22,23). The fourth-order valence-electron chi connectivity index (χ4n) is 2.65. The zero-order valence-corrected chi connectivity index (χ0v) is 14.8. The van der Waals surface area contributed by atoms with Gasteiger partial charge in [0.1, 0.15) is 5.82 Å². The van der Waals surface area contributed by atoms with Crippen molar-refractivity contribution < 1.29 is 0 Å². The van der Waals surface area contributed by atoms with Crippen molar-refractivity contribution in [2.75, 3.05) is 17.2 Å². The second-order valence-corrected chi connectivity index (χ2v) is 7.75. The first-order chi connectivity index (χ1) is 11.3. The maximum absolute atomic E-state index is 6.24. The quantitative estimate of drug-likeness (QED) is 0.613. The molecule has 0 atom stereocenters. The van der Waals surface area contributed by atoms with Gasteiger partial charge in [0.15, 0.2) is 0 Å². The third kappa shape index (κ3) is 2.97. The van der Waals surface area contributed by atoms with E-state index >= 15 is 0 Å². The van der Waals surface area contributed by atoms with Crippen LogP contribution in [0.25, 0.3) is 10.9 Å². The van der Waals surface area contributed by atoms with Crippen molar-refractivity contribution in [3.8, 4) is 0 Å². The van der Waals surface area contributed by atoms with Gasteiger partial charge in [0.2, 0.25) is 5.95 Å². The van der Waals surface area contributed by atoms with E-state index < -0.39 is 0 Å². The molecule has 0 saturated heterocycles. The van der Waals surface area contributed by atoms with Crippen molar-refractivity contribution in [2.24, 2.45) is 0 Å². The van der Waals surface area contributed by atoms with Gasteiger partial charge in [0.25, 0.3) is 0 Å². The summed E-state index contributed by atoms with van der Waals surface area (Å²) in [4.78, 5) is 10.4. The summed E-state index contributed by atoms with van der Waals surface area (Å²) >= 11 is 1.59. The van der Waals surface area contributed by atoms with Crippen molar-refractivity contribution in [3.63, 3.8) is 0 Å². The third-order valence-corrected chi connectivity index (χ3v) is 5.02. The van der Waals surface area contributed by atoms with Crippen molar-refractivity contribution >= 4 is 40.1 Å². The lowest BCUT2D eigenvalue weighted by Crippen LogP contribution is -2.12. The number of nitrogens with zero attached hydrogens (tertiary/aromatic N) is 2. The summed E-state index contributed by atoms with van der Waals surface area (Å²) in [6.45, 7) is 6.57. The van der Waals surface area contributed by atoms with Crippen LogP contribution >= 0.6 is 11.8 Å². The number of nitrogens with two attached hydrogens (primary N) is 3. The molecule has 5 nitrogen and oxygen atoms in total. The van der Waals surface area contributed by atoms with Gasteiger partial charge in [-0.2, -0.15) is 4.98 Å². The summed E-state index contributed by atoms with van der Waals surface area (Å²) in [5, 5.41) is 0.748. The Labute approximate surface area is 145 Å². The molecule has 1 heterocycles. The van der Waals surface area contributed by atoms with E-state index in [4.69, 9.17) is 17.2 Å². The molecule has 0 saturated carbocycles. The number of rotatable bonds is 2. The lowest BCUT2D eigenvalue weighted by Gasteiger charge is -2.23. The molecule has 6 N–H and O–H groups in total. The van der Waals surface area contributed by atoms with E-state index in [9.17, 15) is 0 Å². The molecule has 0 aliphatic rings. The number of anilines is 3. The van der Waals surface area contributed by atoms with Gasteiger partial charge in [-0.1, -0.05) is 50.7 Å². The SMILES string of the molecule is CC(C)(C)c1ccccc1Sc1c(N)ccc2nc(N)nc(N)c12. The molecule has 0 unspecified atom stereocenters. The zero-order valence-electron chi connectivity index (χ0n) is 14.0. The van der Waals surface area contributed by atoms with Crippen LogP contribution in [0.2, 0.25) is 0 Å². The van der Waals surface area contributed by atoms with Gasteiger partial charge in [-0.15, -0.1) is 0 Å². The van der Waals surface area contributed by atoms with Crippen molar-refractivity contribution in [2.45, 2.75) is 36.0 Å². The molecule has 3 rings (SSSR count). The van der Waals surface area contributed by atoms with E-state index in [0.717, 1.165) is 15.2 Å². The molecule has 1 aromatic heterocycles. The van der Waals surface area contributed by atoms with Crippen LogP contribution in [-0.2, 0) is 5.41 Å². The van der Waals surface area contributed by atoms with E-state index in [2.05, 4.69) is 48.9 Å². The first kappa shape index (κ1) is 16.4. The predicted molar refractivity (Wildman–Crippen MR) is 102 cm³/mol. The van der Waals surface area contributed by atoms with Crippen molar-refractivity contribution in [3.05, 3.63) is 42.0 Å². The van der Waals surface area contributed by atoms with E-state index in [0.29, 0.717) is 17.0 Å². The number of nitrogen functional groups attached to an aromatic ring is 3. The minimum atomic E-state index is 0.0232. The predicted octanol–water partition coefficient (Wildman–Crippen LogP) is 3.83. The molecule has 3 aromatic rings. The summed E-state index contributed by atoms with van der Waals surface area (Å²) in [7, 11) is 0. The fraction of sp³-hybridized carbons (Fsp3) is 0.222. The molecule has 2 aromatic carbocycles. The Kier molecular flexibility index (Phi) is 4.01. The molecular weight excluding hydrogens is 318 g/mol. The zero-order chi connectivity index (χ0) is 17.5. The largest absolute Gasteiger partial charge is 0.398 e. The second-order valence-electron chi connectivity index (χ2n) is 6.69. The van der Waals surface area contributed by atoms with Gasteiger partial charge in [-0.05, 0) is 29.2 Å². The highest BCUT2D eigenvalue weighted by Crippen LogP contribution is 2.42. The minimum Gasteiger partial charge on any atom is -0.398 e. The Morgan fingerprint density at radius 2 is 1.62 bits per heavy atom. The summed E-state index contributed by atoms with van der Waals surface area (Å²) in [5.74, 6) is 0.511. The number of hydrogen-bond donors (Lipinski definition) is 3. The maximum atomic E-state index is 6.24. The Balaban J connectivity index is 2.21. The first-order valence-corrected chi connectivity index (χ1v) is 8.47. The molecular formula is C18H21N5S. The van der Waals surface area contributed by atoms with Crippen LogP contribution < -0.4 is 17.2 Å². The van der Waals surface area contributed by atoms with Gasteiger partial charge < -0.3 is 17.2 Å². The number of hydrogen-bond acceptors (Lipinski definition) is 6. The van der Waals surface area contributed by atoms with Gasteiger partial charge in [-0.25, -0.2) is 4.98 Å². The van der Waals surface area contributed by atoms with E-state index in [1.165, 1.54) is 5.56 Å². The lowest BCUT2D eigenvalue weighted by molar-refractivity contribution is 0.578. The molecule has 0 aliphatic heterocycles. The average Bonchev–Trinajstić information content (AvgIpc) is 2.49. The second kappa shape index (κ2) is 5.87. The van der Waals surface area contributed by atoms with E-state index in [-0.39, 0.29) is 11.4 Å². The summed E-state index contributed by atoms with van der Waals surface area (Å²) in [6, 6.07) is 12.0. The smallest absolute Gasteiger partial charge is 0.222 e. The fourth-order valence-corrected chi connectivity index (χ4v) is 4.00. The van der Waals surface area contributed by atoms with Crippen LogP contribution in [0, 0.1) is 0 Å². The molecule has 6 heteroatoms. The number of aromatic nitrogens is 2. The van der Waals surface area contributed by atoms with Crippen LogP contribution in [-0.4, -0.2) is 9.97 Å². The van der Waals surface area contributed by atoms with Gasteiger partial charge in [0, 0.05) is 15.5 Å². The molecule has 124 valence electrons. The van der Waals surface area contributed by atoms with Crippen LogP contribution in [0.4, 0.5) is 17.5 Å². The highest BCUT2D eigenvalue weighted by Gasteiger charge is 2.20. The lowest BCUT2D eigenvalue weighted by atomic mass is 9.87. The summed E-state index contributed by atoms with van der Waals surface area (Å²) in [5.41, 5.74) is 20.7. The normalized spacial score (nSPS) is 11.8. The Hall–Kier alpha value is -2.47. The minimum absolute atomic E-state index is 0.0232. The summed E-state index contributed by atoms with van der Waals surface area (Å²) < 4.78 is 0. The average molecular weight is 339 g/mol. The molecule has 0 radical (unpaired) electrons. The van der Waals surface area contributed by atoms with Crippen LogP contribution in [0.15, 0.2) is 46.2 Å². The molecule has 0 fully saturated rings. The van der Waals surface area contributed by atoms with Crippen LogP contribution in [0.1, 0.15) is 26.3 Å². The summed E-state index contributed by atoms with van der Waals surface area (Å²) in [6.07, 6.45) is 0. The highest BCUT2D eigenvalue weighted by atomic mass is 32.2. The van der Waals surface area contributed by atoms with Gasteiger partial charge in [-0.3, -0.25) is 0 Å². The molecule has 0 amide bonds. The van der Waals surface area contributed by atoms with Crippen LogP contribution in [0.5, 0.6) is 0 Å². The topological polar surface area (TPSA) is 104 Å². The molecule has 0 aliphatic carbocycles. The van der Waals surface area contributed by atoms with Gasteiger partial charge in [0.05, 0.1) is 10.9 Å². The first-order valence-electron chi connectivity index (χ1n) is 7.66. The monoisotopic (exact) mass is 339 g/mol. The van der Waals surface area contributed by atoms with E-state index in [1.54, 1.807) is 11.8 Å².